The molecule has 0 aromatic heterocycles. The van der Waals surface area contributed by atoms with Crippen molar-refractivity contribution in [1.82, 2.24) is 10.2 Å². The van der Waals surface area contributed by atoms with Crippen molar-refractivity contribution in [2.75, 3.05) is 32.8 Å². The highest BCUT2D eigenvalue weighted by atomic mass is 16.5. The molecule has 1 saturated heterocycles. The Morgan fingerprint density at radius 2 is 2.20 bits per heavy atom. The number of nitrogens with zero attached hydrogens (tertiary/aromatic N) is 1. The molecule has 0 radical (unpaired) electrons. The van der Waals surface area contributed by atoms with Crippen LogP contribution in [0.4, 0.5) is 0 Å². The number of rotatable bonds is 7. The average molecular weight is 347 g/mol. The third-order valence-electron chi connectivity index (χ3n) is 4.48. The summed E-state index contributed by atoms with van der Waals surface area (Å²) in [6, 6.07) is 7.82. The van der Waals surface area contributed by atoms with Crippen LogP contribution in [-0.2, 0) is 9.59 Å². The molecular weight excluding hydrogens is 318 g/mol. The van der Waals surface area contributed by atoms with Crippen molar-refractivity contribution in [3.8, 4) is 5.75 Å². The molecule has 1 unspecified atom stereocenters. The summed E-state index contributed by atoms with van der Waals surface area (Å²) in [5.41, 5.74) is 6.59. The Bertz CT molecular complexity index is 589. The Morgan fingerprint density at radius 3 is 2.92 bits per heavy atom. The number of carbonyl (C=O) groups is 2. The zero-order valence-corrected chi connectivity index (χ0v) is 15.2. The number of benzene rings is 1. The number of carbonyl (C=O) groups excluding carboxylic acids is 2. The van der Waals surface area contributed by atoms with E-state index in [1.54, 1.807) is 4.90 Å². The largest absolute Gasteiger partial charge is 0.484 e. The summed E-state index contributed by atoms with van der Waals surface area (Å²) in [7, 11) is 0. The maximum absolute atomic E-state index is 12.4. The number of nitrogens with one attached hydrogen (secondary N) is 1. The van der Waals surface area contributed by atoms with Crippen molar-refractivity contribution in [2.24, 2.45) is 11.7 Å². The predicted octanol–water partition coefficient (Wildman–Crippen LogP) is 1.50. The molecule has 0 bridgehead atoms. The number of piperidine rings is 1. The molecule has 0 aliphatic carbocycles. The molecule has 138 valence electrons. The van der Waals surface area contributed by atoms with Gasteiger partial charge in [0.25, 0.3) is 5.91 Å². The minimum Gasteiger partial charge on any atom is -0.484 e. The Morgan fingerprint density at radius 1 is 1.40 bits per heavy atom. The number of nitrogens with two attached hydrogens (primary N) is 1. The summed E-state index contributed by atoms with van der Waals surface area (Å²) in [6.45, 7) is 6.25. The fraction of sp³-hybridized carbons (Fsp3) is 0.579. The molecule has 3 N–H and O–H groups in total. The summed E-state index contributed by atoms with van der Waals surface area (Å²) in [5, 5.41) is 2.80. The molecule has 25 heavy (non-hydrogen) atoms. The molecule has 2 amide bonds. The molecule has 0 spiro atoms. The molecule has 1 heterocycles. The lowest BCUT2D eigenvalue weighted by Crippen LogP contribution is -2.47. The van der Waals surface area contributed by atoms with E-state index in [2.05, 4.69) is 25.2 Å². The average Bonchev–Trinajstić information content (AvgIpc) is 2.64. The van der Waals surface area contributed by atoms with E-state index in [-0.39, 0.29) is 24.3 Å². The Balaban J connectivity index is 1.85. The van der Waals surface area contributed by atoms with Gasteiger partial charge in [0.15, 0.2) is 6.61 Å². The summed E-state index contributed by atoms with van der Waals surface area (Å²) in [4.78, 5) is 26.2. The van der Waals surface area contributed by atoms with Crippen LogP contribution in [0.3, 0.4) is 0 Å². The first-order chi connectivity index (χ1) is 12.0. The topological polar surface area (TPSA) is 84.7 Å². The molecule has 1 aromatic rings. The van der Waals surface area contributed by atoms with Crippen LogP contribution in [0.25, 0.3) is 0 Å². The van der Waals surface area contributed by atoms with Gasteiger partial charge in [-0.15, -0.1) is 0 Å². The third-order valence-corrected chi connectivity index (χ3v) is 4.48. The smallest absolute Gasteiger partial charge is 0.260 e. The van der Waals surface area contributed by atoms with E-state index in [1.165, 1.54) is 5.56 Å². The molecule has 1 aliphatic heterocycles. The van der Waals surface area contributed by atoms with Gasteiger partial charge in [0.05, 0.1) is 5.92 Å². The van der Waals surface area contributed by atoms with Crippen LogP contribution in [0.15, 0.2) is 24.3 Å². The maximum atomic E-state index is 12.4. The summed E-state index contributed by atoms with van der Waals surface area (Å²) in [5.74, 6) is 0.858. The highest BCUT2D eigenvalue weighted by molar-refractivity contribution is 5.82. The molecule has 6 nitrogen and oxygen atoms in total. The first-order valence-electron chi connectivity index (χ1n) is 8.99. The molecule has 1 aromatic carbocycles. The van der Waals surface area contributed by atoms with Crippen molar-refractivity contribution in [2.45, 2.75) is 32.6 Å². The van der Waals surface area contributed by atoms with Crippen molar-refractivity contribution < 1.29 is 14.3 Å². The van der Waals surface area contributed by atoms with Crippen LogP contribution >= 0.6 is 0 Å². The van der Waals surface area contributed by atoms with Crippen molar-refractivity contribution in [3.63, 3.8) is 0 Å². The number of hydrogen-bond donors (Lipinski definition) is 2. The highest BCUT2D eigenvalue weighted by Gasteiger charge is 2.28. The lowest BCUT2D eigenvalue weighted by atomic mass is 9.97. The van der Waals surface area contributed by atoms with Gasteiger partial charge >= 0.3 is 0 Å². The van der Waals surface area contributed by atoms with E-state index in [0.717, 1.165) is 12.8 Å². The van der Waals surface area contributed by atoms with E-state index in [9.17, 15) is 9.59 Å². The van der Waals surface area contributed by atoms with E-state index >= 15 is 0 Å². The lowest BCUT2D eigenvalue weighted by Gasteiger charge is -2.32. The summed E-state index contributed by atoms with van der Waals surface area (Å²) >= 11 is 0. The number of ether oxygens (including phenoxy) is 1. The normalized spacial score (nSPS) is 17.4. The number of likely N-dealkylation sites (tertiary alicyclic amines) is 1. The standard InChI is InChI=1S/C19H29N3O3/c1-14(2)15-5-3-7-17(11-15)25-13-18(23)22-10-4-6-16(12-22)19(24)21-9-8-20/h3,5,7,11,14,16H,4,6,8-10,12-13,20H2,1-2H3,(H,21,24). The van der Waals surface area contributed by atoms with E-state index < -0.39 is 0 Å². The molecule has 6 heteroatoms. The minimum atomic E-state index is -0.159. The van der Waals surface area contributed by atoms with E-state index in [1.807, 2.05) is 18.2 Å². The van der Waals surface area contributed by atoms with Crippen LogP contribution in [0.5, 0.6) is 5.75 Å². The molecule has 1 fully saturated rings. The SMILES string of the molecule is CC(C)c1cccc(OCC(=O)N2CCCC(C(=O)NCCN)C2)c1. The molecule has 1 atom stereocenters. The molecule has 1 aliphatic rings. The van der Waals surface area contributed by atoms with Crippen LogP contribution in [0.1, 0.15) is 38.2 Å². The van der Waals surface area contributed by atoms with Crippen molar-refractivity contribution in [1.29, 1.82) is 0 Å². The Hall–Kier alpha value is -2.08. The van der Waals surface area contributed by atoms with Gasteiger partial charge in [-0.05, 0) is 36.5 Å². The molecular formula is C19H29N3O3. The zero-order chi connectivity index (χ0) is 18.2. The van der Waals surface area contributed by atoms with Crippen LogP contribution < -0.4 is 15.8 Å². The van der Waals surface area contributed by atoms with Gasteiger partial charge in [0.1, 0.15) is 5.75 Å². The quantitative estimate of drug-likeness (QED) is 0.783. The minimum absolute atomic E-state index is 0.00130. The fourth-order valence-electron chi connectivity index (χ4n) is 2.96. The van der Waals surface area contributed by atoms with Crippen LogP contribution in [0.2, 0.25) is 0 Å². The third kappa shape index (κ3) is 5.74. The van der Waals surface area contributed by atoms with Gasteiger partial charge in [-0.1, -0.05) is 26.0 Å². The second kappa shape index (κ2) is 9.42. The van der Waals surface area contributed by atoms with Crippen molar-refractivity contribution >= 4 is 11.8 Å². The number of amides is 2. The van der Waals surface area contributed by atoms with Gasteiger partial charge in [0.2, 0.25) is 5.91 Å². The number of hydrogen-bond acceptors (Lipinski definition) is 4. The summed E-state index contributed by atoms with van der Waals surface area (Å²) in [6.07, 6.45) is 1.63. The van der Waals surface area contributed by atoms with Gasteiger partial charge in [-0.3, -0.25) is 9.59 Å². The van der Waals surface area contributed by atoms with E-state index in [4.69, 9.17) is 10.5 Å². The summed E-state index contributed by atoms with van der Waals surface area (Å²) < 4.78 is 5.66. The zero-order valence-electron chi connectivity index (χ0n) is 15.2. The first kappa shape index (κ1) is 19.2. The van der Waals surface area contributed by atoms with Gasteiger partial charge in [0, 0.05) is 26.2 Å². The highest BCUT2D eigenvalue weighted by Crippen LogP contribution is 2.21. The van der Waals surface area contributed by atoms with Crippen LogP contribution in [-0.4, -0.2) is 49.5 Å². The van der Waals surface area contributed by atoms with Gasteiger partial charge in [-0.2, -0.15) is 0 Å². The molecule has 0 saturated carbocycles. The lowest BCUT2D eigenvalue weighted by molar-refractivity contribution is -0.137. The Labute approximate surface area is 149 Å². The predicted molar refractivity (Wildman–Crippen MR) is 97.4 cm³/mol. The van der Waals surface area contributed by atoms with Crippen LogP contribution in [0, 0.1) is 5.92 Å². The molecule has 2 rings (SSSR count). The first-order valence-corrected chi connectivity index (χ1v) is 8.99. The Kier molecular flexibility index (Phi) is 7.25. The van der Waals surface area contributed by atoms with Crippen molar-refractivity contribution in [3.05, 3.63) is 29.8 Å². The second-order valence-electron chi connectivity index (χ2n) is 6.77. The fourth-order valence-corrected chi connectivity index (χ4v) is 2.96. The monoisotopic (exact) mass is 347 g/mol. The maximum Gasteiger partial charge on any atom is 0.260 e. The van der Waals surface area contributed by atoms with Gasteiger partial charge in [-0.25, -0.2) is 0 Å². The van der Waals surface area contributed by atoms with Gasteiger partial charge < -0.3 is 20.7 Å². The second-order valence-corrected chi connectivity index (χ2v) is 6.77. The van der Waals surface area contributed by atoms with E-state index in [0.29, 0.717) is 37.8 Å².